The zero-order chi connectivity index (χ0) is 30.0. The van der Waals surface area contributed by atoms with Crippen molar-refractivity contribution in [2.24, 2.45) is 0 Å². The second-order valence-corrected chi connectivity index (χ2v) is 11.6. The molecule has 0 unspecified atom stereocenters. The topological polar surface area (TPSA) is 128 Å². The number of aryl methyl sites for hydroxylation is 1. The molecule has 42 heavy (non-hydrogen) atoms. The number of anilines is 1. The van der Waals surface area contributed by atoms with Crippen LogP contribution in [0.3, 0.4) is 0 Å². The average molecular weight is 607 g/mol. The van der Waals surface area contributed by atoms with E-state index >= 15 is 0 Å². The second kappa shape index (κ2) is 11.7. The first-order chi connectivity index (χ1) is 20.1. The number of ether oxygens (including phenoxy) is 1. The number of amides is 1. The van der Waals surface area contributed by atoms with Crippen molar-refractivity contribution in [1.82, 2.24) is 15.0 Å². The smallest absolute Gasteiger partial charge is 0.264 e. The van der Waals surface area contributed by atoms with Gasteiger partial charge in [0.1, 0.15) is 12.0 Å². The van der Waals surface area contributed by atoms with Crippen molar-refractivity contribution < 1.29 is 26.9 Å². The Hall–Kier alpha value is -4.61. The van der Waals surface area contributed by atoms with Gasteiger partial charge in [-0.3, -0.25) is 4.79 Å². The lowest BCUT2D eigenvalue weighted by molar-refractivity contribution is 0.0782. The van der Waals surface area contributed by atoms with Crippen LogP contribution in [0.5, 0.6) is 5.75 Å². The van der Waals surface area contributed by atoms with E-state index in [2.05, 4.69) is 14.9 Å². The van der Waals surface area contributed by atoms with Gasteiger partial charge in [-0.15, -0.1) is 0 Å². The summed E-state index contributed by atoms with van der Waals surface area (Å²) in [6.07, 6.45) is 3.00. The number of sulfonamides is 1. The Morgan fingerprint density at radius 2 is 1.86 bits per heavy atom. The number of nitrogens with one attached hydrogen (secondary N) is 1. The number of methoxy groups -OCH3 is 1. The third-order valence-electron chi connectivity index (χ3n) is 6.78. The standard InChI is InChI=1S/C30H27ClN4O6S/c1-18-19(2)33-41-28(18)34-42(37,38)27-8-6-5-7-24(27)23-11-9-20(29-32-13-14-40-29)15-21(23)17-35(3)30(36)25-12-10-22(31)16-26(25)39-4/h5-16,34H,17H2,1-4H3. The third kappa shape index (κ3) is 5.74. The van der Waals surface area contributed by atoms with Crippen molar-refractivity contribution in [2.45, 2.75) is 25.3 Å². The molecule has 10 nitrogen and oxygen atoms in total. The second-order valence-electron chi connectivity index (χ2n) is 9.54. The van der Waals surface area contributed by atoms with Crippen LogP contribution in [0.2, 0.25) is 5.02 Å². The van der Waals surface area contributed by atoms with Crippen molar-refractivity contribution in [3.05, 3.63) is 101 Å². The van der Waals surface area contributed by atoms with E-state index < -0.39 is 10.0 Å². The van der Waals surface area contributed by atoms with Crippen LogP contribution in [-0.2, 0) is 16.6 Å². The summed E-state index contributed by atoms with van der Waals surface area (Å²) < 4.78 is 45.8. The molecule has 0 radical (unpaired) electrons. The molecule has 216 valence electrons. The highest BCUT2D eigenvalue weighted by Gasteiger charge is 2.25. The Bertz CT molecular complexity index is 1870. The number of hydrogen-bond donors (Lipinski definition) is 1. The van der Waals surface area contributed by atoms with Crippen LogP contribution in [0, 0.1) is 13.8 Å². The van der Waals surface area contributed by atoms with Gasteiger partial charge >= 0.3 is 0 Å². The molecular weight excluding hydrogens is 580 g/mol. The summed E-state index contributed by atoms with van der Waals surface area (Å²) in [6.45, 7) is 3.57. The molecule has 0 aliphatic rings. The minimum Gasteiger partial charge on any atom is -0.496 e. The Morgan fingerprint density at radius 1 is 1.07 bits per heavy atom. The maximum atomic E-state index is 13.6. The van der Waals surface area contributed by atoms with Crippen molar-refractivity contribution in [2.75, 3.05) is 18.9 Å². The van der Waals surface area contributed by atoms with Gasteiger partial charge in [-0.05, 0) is 61.4 Å². The van der Waals surface area contributed by atoms with Crippen molar-refractivity contribution in [1.29, 1.82) is 0 Å². The number of carbonyl (C=O) groups is 1. The highest BCUT2D eigenvalue weighted by molar-refractivity contribution is 7.92. The number of rotatable bonds is 9. The van der Waals surface area contributed by atoms with E-state index in [1.165, 1.54) is 30.5 Å². The molecule has 0 spiro atoms. The largest absolute Gasteiger partial charge is 0.496 e. The van der Waals surface area contributed by atoms with E-state index in [0.717, 1.165) is 0 Å². The molecule has 5 aromatic rings. The van der Waals surface area contributed by atoms with Gasteiger partial charge in [0.25, 0.3) is 15.9 Å². The lowest BCUT2D eigenvalue weighted by Crippen LogP contribution is -2.27. The number of nitrogens with zero attached hydrogens (tertiary/aromatic N) is 3. The molecule has 1 amide bonds. The van der Waals surface area contributed by atoms with Crippen molar-refractivity contribution in [3.8, 4) is 28.3 Å². The van der Waals surface area contributed by atoms with E-state index in [1.54, 1.807) is 69.4 Å². The normalized spacial score (nSPS) is 11.4. The van der Waals surface area contributed by atoms with Gasteiger partial charge in [-0.25, -0.2) is 18.1 Å². The fraction of sp³-hybridized carbons (Fsp3) is 0.167. The van der Waals surface area contributed by atoms with Crippen LogP contribution in [-0.4, -0.2) is 43.5 Å². The first-order valence-electron chi connectivity index (χ1n) is 12.8. The molecule has 0 fully saturated rings. The summed E-state index contributed by atoms with van der Waals surface area (Å²) in [5.41, 5.74) is 3.84. The molecule has 12 heteroatoms. The molecule has 5 rings (SSSR count). The number of oxazole rings is 1. The van der Waals surface area contributed by atoms with Crippen LogP contribution < -0.4 is 9.46 Å². The molecular formula is C30H27ClN4O6S. The number of hydrogen-bond acceptors (Lipinski definition) is 8. The van der Waals surface area contributed by atoms with Gasteiger partial charge in [0.05, 0.1) is 29.5 Å². The highest BCUT2D eigenvalue weighted by atomic mass is 35.5. The third-order valence-corrected chi connectivity index (χ3v) is 8.41. The highest BCUT2D eigenvalue weighted by Crippen LogP contribution is 2.35. The fourth-order valence-corrected chi connectivity index (χ4v) is 5.90. The number of benzene rings is 3. The fourth-order valence-electron chi connectivity index (χ4n) is 4.47. The van der Waals surface area contributed by atoms with E-state index in [4.69, 9.17) is 25.3 Å². The Balaban J connectivity index is 1.58. The van der Waals surface area contributed by atoms with Gasteiger partial charge in [0, 0.05) is 35.3 Å². The lowest BCUT2D eigenvalue weighted by Gasteiger charge is -2.22. The van der Waals surface area contributed by atoms with E-state index in [0.29, 0.717) is 55.7 Å². The monoisotopic (exact) mass is 606 g/mol. The summed E-state index contributed by atoms with van der Waals surface area (Å²) in [5.74, 6) is 0.460. The zero-order valence-electron chi connectivity index (χ0n) is 23.2. The summed E-state index contributed by atoms with van der Waals surface area (Å²) in [4.78, 5) is 19.3. The van der Waals surface area contributed by atoms with Crippen LogP contribution in [0.25, 0.3) is 22.6 Å². The number of carbonyl (C=O) groups excluding carboxylic acids is 1. The summed E-state index contributed by atoms with van der Waals surface area (Å²) in [7, 11) is -0.981. The minimum atomic E-state index is -4.10. The summed E-state index contributed by atoms with van der Waals surface area (Å²) in [6, 6.07) is 16.8. The first kappa shape index (κ1) is 28.9. The van der Waals surface area contributed by atoms with Gasteiger partial charge in [0.2, 0.25) is 11.8 Å². The van der Waals surface area contributed by atoms with Crippen LogP contribution in [0.15, 0.2) is 87.0 Å². The molecule has 0 bridgehead atoms. The zero-order valence-corrected chi connectivity index (χ0v) is 24.8. The minimum absolute atomic E-state index is 0.0249. The molecule has 2 heterocycles. The van der Waals surface area contributed by atoms with Crippen LogP contribution >= 0.6 is 11.6 Å². The Kier molecular flexibility index (Phi) is 8.06. The van der Waals surface area contributed by atoms with Gasteiger partial charge < -0.3 is 18.6 Å². The van der Waals surface area contributed by atoms with E-state index in [-0.39, 0.29) is 23.2 Å². The predicted molar refractivity (Wildman–Crippen MR) is 158 cm³/mol. The number of aromatic nitrogens is 2. The van der Waals surface area contributed by atoms with Gasteiger partial charge in [-0.1, -0.05) is 41.0 Å². The molecule has 0 aliphatic heterocycles. The predicted octanol–water partition coefficient (Wildman–Crippen LogP) is 6.35. The summed E-state index contributed by atoms with van der Waals surface area (Å²) >= 11 is 6.09. The molecule has 2 aromatic heterocycles. The molecule has 0 saturated heterocycles. The van der Waals surface area contributed by atoms with Crippen LogP contribution in [0.4, 0.5) is 5.88 Å². The number of halogens is 1. The SMILES string of the molecule is COc1cc(Cl)ccc1C(=O)N(C)Cc1cc(-c2ncco2)ccc1-c1ccccc1S(=O)(=O)Nc1onc(C)c1C. The quantitative estimate of drug-likeness (QED) is 0.206. The molecule has 0 atom stereocenters. The van der Waals surface area contributed by atoms with E-state index in [1.807, 2.05) is 6.07 Å². The molecule has 3 aromatic carbocycles. The Morgan fingerprint density at radius 3 is 2.55 bits per heavy atom. The molecule has 0 saturated carbocycles. The van der Waals surface area contributed by atoms with Crippen LogP contribution in [0.1, 0.15) is 27.2 Å². The maximum absolute atomic E-state index is 13.6. The van der Waals surface area contributed by atoms with E-state index in [9.17, 15) is 13.2 Å². The maximum Gasteiger partial charge on any atom is 0.264 e. The average Bonchev–Trinajstić information content (AvgIpc) is 3.63. The lowest BCUT2D eigenvalue weighted by atomic mass is 9.96. The summed E-state index contributed by atoms with van der Waals surface area (Å²) in [5, 5.41) is 4.28. The van der Waals surface area contributed by atoms with Gasteiger partial charge in [0.15, 0.2) is 0 Å². The molecule has 1 N–H and O–H groups in total. The first-order valence-corrected chi connectivity index (χ1v) is 14.6. The van der Waals surface area contributed by atoms with Crippen molar-refractivity contribution >= 4 is 33.4 Å². The molecule has 0 aliphatic carbocycles. The Labute approximate surface area is 247 Å². The van der Waals surface area contributed by atoms with Gasteiger partial charge in [-0.2, -0.15) is 0 Å². The van der Waals surface area contributed by atoms with Crippen molar-refractivity contribution in [3.63, 3.8) is 0 Å².